The number of hydrogen-bond acceptors (Lipinski definition) is 3. The Kier molecular flexibility index (Phi) is 5.72. The molecule has 0 spiro atoms. The van der Waals surface area contributed by atoms with Crippen molar-refractivity contribution in [1.29, 1.82) is 0 Å². The van der Waals surface area contributed by atoms with Gasteiger partial charge in [0.15, 0.2) is 0 Å². The van der Waals surface area contributed by atoms with E-state index in [2.05, 4.69) is 113 Å². The Morgan fingerprint density at radius 2 is 1.39 bits per heavy atom. The monoisotopic (exact) mass is 654 g/mol. The topological polar surface area (TPSA) is 38.7 Å². The number of hydrogen-bond donors (Lipinski definition) is 0. The van der Waals surface area contributed by atoms with E-state index in [1.54, 1.807) is 0 Å². The molecule has 4 aromatic carbocycles. The summed E-state index contributed by atoms with van der Waals surface area (Å²) < 4.78 is 1.27. The summed E-state index contributed by atoms with van der Waals surface area (Å²) in [6, 6.07) is 37.3. The summed E-state index contributed by atoms with van der Waals surface area (Å²) in [7, 11) is 0. The second-order valence-electron chi connectivity index (χ2n) is 9.24. The molecular weight excluding hydrogens is 634 g/mol. The maximum absolute atomic E-state index is 5.04. The van der Waals surface area contributed by atoms with Gasteiger partial charge in [-0.25, -0.2) is 0 Å². The van der Waals surface area contributed by atoms with Crippen LogP contribution in [-0.4, -0.2) is 18.8 Å². The first-order valence-electron chi connectivity index (χ1n) is 12.4. The van der Waals surface area contributed by atoms with Crippen LogP contribution in [-0.2, 0) is 19.4 Å². The number of pyridine rings is 3. The molecule has 0 amide bonds. The fourth-order valence-corrected chi connectivity index (χ4v) is 5.52. The summed E-state index contributed by atoms with van der Waals surface area (Å²) >= 11 is 1.42. The number of allylic oxidation sites excluding steroid dienone is 1. The van der Waals surface area contributed by atoms with Gasteiger partial charge in [-0.05, 0) is 6.07 Å². The zero-order valence-electron chi connectivity index (χ0n) is 20.3. The molecule has 3 aromatic heterocycles. The molecule has 7 aromatic rings. The van der Waals surface area contributed by atoms with Gasteiger partial charge in [-0.15, -0.1) is 0 Å². The van der Waals surface area contributed by atoms with Gasteiger partial charge in [0.05, 0.1) is 0 Å². The average molecular weight is 654 g/mol. The first-order chi connectivity index (χ1) is 18.7. The molecule has 0 bridgehead atoms. The van der Waals surface area contributed by atoms with E-state index in [1.807, 2.05) is 24.5 Å². The van der Waals surface area contributed by atoms with Crippen molar-refractivity contribution >= 4 is 53.5 Å². The molecule has 0 radical (unpaired) electrons. The van der Waals surface area contributed by atoms with Crippen LogP contribution >= 0.6 is 0 Å². The third kappa shape index (κ3) is 4.25. The molecule has 0 saturated carbocycles. The van der Waals surface area contributed by atoms with Crippen LogP contribution in [0.4, 0.5) is 0 Å². The molecule has 7 rings (SSSR count). The summed E-state index contributed by atoms with van der Waals surface area (Å²) in [5.41, 5.74) is 7.08. The summed E-state index contributed by atoms with van der Waals surface area (Å²) in [6.45, 7) is 0. The molecule has 0 aliphatic heterocycles. The molecule has 178 valence electrons. The molecule has 0 saturated heterocycles. The molecular formula is C34H20N3W-. The van der Waals surface area contributed by atoms with Crippen LogP contribution in [0.25, 0.3) is 60.8 Å². The number of nitrogens with zero attached hydrogens (tertiary/aromatic N) is 3. The fourth-order valence-electron chi connectivity index (χ4n) is 4.82. The molecule has 0 fully saturated rings. The molecule has 3 heterocycles. The van der Waals surface area contributed by atoms with E-state index in [0.717, 1.165) is 49.5 Å². The Labute approximate surface area is 230 Å². The van der Waals surface area contributed by atoms with Crippen LogP contribution in [0.1, 0.15) is 11.1 Å². The predicted octanol–water partition coefficient (Wildman–Crippen LogP) is 7.73. The minimum absolute atomic E-state index is 0.893. The van der Waals surface area contributed by atoms with Gasteiger partial charge < -0.3 is 0 Å². The van der Waals surface area contributed by atoms with Gasteiger partial charge in [-0.3, -0.25) is 0 Å². The van der Waals surface area contributed by atoms with E-state index in [4.69, 9.17) is 4.98 Å². The van der Waals surface area contributed by atoms with Crippen LogP contribution in [0, 0.1) is 6.07 Å². The van der Waals surface area contributed by atoms with E-state index in [-0.39, 0.29) is 0 Å². The van der Waals surface area contributed by atoms with Crippen molar-refractivity contribution in [2.75, 3.05) is 0 Å². The average Bonchev–Trinajstić information content (AvgIpc) is 2.98. The fraction of sp³-hybridized carbons (Fsp3) is 0. The van der Waals surface area contributed by atoms with E-state index in [9.17, 15) is 0 Å². The summed E-state index contributed by atoms with van der Waals surface area (Å²) in [6.07, 6.45) is 7.94. The Bertz CT molecular complexity index is 2060. The Hall–Kier alpha value is -4.33. The summed E-state index contributed by atoms with van der Waals surface area (Å²) in [5.74, 6) is 0. The Balaban J connectivity index is 1.22. The van der Waals surface area contributed by atoms with Crippen molar-refractivity contribution in [3.05, 3.63) is 133 Å². The van der Waals surface area contributed by atoms with Crippen molar-refractivity contribution in [3.63, 3.8) is 0 Å². The number of rotatable bonds is 4. The van der Waals surface area contributed by atoms with Crippen LogP contribution in [0.2, 0.25) is 0 Å². The normalized spacial score (nSPS) is 11.7. The predicted molar refractivity (Wildman–Crippen MR) is 154 cm³/mol. The molecule has 3 nitrogen and oxygen atoms in total. The van der Waals surface area contributed by atoms with E-state index in [0.29, 0.717) is 0 Å². The van der Waals surface area contributed by atoms with Gasteiger partial charge in [-0.1, -0.05) is 0 Å². The third-order valence-electron chi connectivity index (χ3n) is 6.81. The second-order valence-corrected chi connectivity index (χ2v) is 10.8. The maximum atomic E-state index is 5.04. The number of fused-ring (bicyclic) bond motifs is 5. The van der Waals surface area contributed by atoms with Crippen LogP contribution in [0.3, 0.4) is 0 Å². The van der Waals surface area contributed by atoms with Crippen molar-refractivity contribution in [3.8, 4) is 11.3 Å². The van der Waals surface area contributed by atoms with E-state index < -0.39 is 0 Å². The van der Waals surface area contributed by atoms with Gasteiger partial charge >= 0.3 is 226 Å². The van der Waals surface area contributed by atoms with Gasteiger partial charge in [0.1, 0.15) is 0 Å². The molecule has 0 aliphatic carbocycles. The Morgan fingerprint density at radius 1 is 0.658 bits per heavy atom. The Morgan fingerprint density at radius 3 is 2.32 bits per heavy atom. The van der Waals surface area contributed by atoms with Gasteiger partial charge in [0.25, 0.3) is 0 Å². The van der Waals surface area contributed by atoms with Crippen molar-refractivity contribution in [2.24, 2.45) is 0 Å². The molecule has 4 heteroatoms. The zero-order chi connectivity index (χ0) is 25.5. The van der Waals surface area contributed by atoms with Gasteiger partial charge in [-0.2, -0.15) is 0 Å². The SMILES string of the molecule is [W]=[C](/C=C\c1[c-]c2ncccc2cc1)c1ccc2ccc(-c3ccc4ccc5cccnc5c4n3)cc2c1. The van der Waals surface area contributed by atoms with Crippen LogP contribution in [0.5, 0.6) is 0 Å². The number of aromatic nitrogens is 3. The standard InChI is InChI=1S/C34H20N3.W/c1(5-24-9-11-26-6-2-18-35-32(26)21-24)4-23-8-10-25-12-15-29(22-30(25)20-23)31-17-16-28-14-13-27-7-3-19-36-33(27)34(28)37-31;/h1-3,5-20,22H;/q-1;/b5-1-;. The van der Waals surface area contributed by atoms with Crippen LogP contribution < -0.4 is 0 Å². The van der Waals surface area contributed by atoms with E-state index >= 15 is 0 Å². The summed E-state index contributed by atoms with van der Waals surface area (Å²) in [5, 5.41) is 5.72. The van der Waals surface area contributed by atoms with Crippen molar-refractivity contribution in [1.82, 2.24) is 15.0 Å². The third-order valence-corrected chi connectivity index (χ3v) is 8.15. The second kappa shape index (κ2) is 9.52. The molecule has 0 atom stereocenters. The molecule has 0 N–H and O–H groups in total. The quantitative estimate of drug-likeness (QED) is 0.144. The minimum atomic E-state index is 0.893. The zero-order valence-corrected chi connectivity index (χ0v) is 23.2. The van der Waals surface area contributed by atoms with Crippen molar-refractivity contribution < 1.29 is 19.4 Å². The van der Waals surface area contributed by atoms with Crippen molar-refractivity contribution in [2.45, 2.75) is 0 Å². The van der Waals surface area contributed by atoms with Crippen LogP contribution in [0.15, 0.2) is 116 Å². The molecule has 0 aliphatic rings. The van der Waals surface area contributed by atoms with Gasteiger partial charge in [0.2, 0.25) is 0 Å². The van der Waals surface area contributed by atoms with E-state index in [1.165, 1.54) is 39.6 Å². The first kappa shape index (κ1) is 22.8. The molecule has 38 heavy (non-hydrogen) atoms. The van der Waals surface area contributed by atoms with Gasteiger partial charge in [0, 0.05) is 0 Å². The summed E-state index contributed by atoms with van der Waals surface area (Å²) in [4.78, 5) is 14.1. The molecule has 0 unspecified atom stereocenters. The first-order valence-corrected chi connectivity index (χ1v) is 13.9. The number of benzene rings is 4.